The van der Waals surface area contributed by atoms with Gasteiger partial charge >= 0.3 is 0 Å². The van der Waals surface area contributed by atoms with Gasteiger partial charge in [0.05, 0.1) is 5.52 Å². The highest BCUT2D eigenvalue weighted by molar-refractivity contribution is 5.83. The molecule has 0 amide bonds. The minimum Gasteiger partial charge on any atom is -0.343 e. The van der Waals surface area contributed by atoms with Crippen molar-refractivity contribution in [3.8, 4) is 0 Å². The van der Waals surface area contributed by atoms with Gasteiger partial charge in [-0.25, -0.2) is 0 Å². The van der Waals surface area contributed by atoms with Gasteiger partial charge in [-0.05, 0) is 36.6 Å². The Bertz CT molecular complexity index is 725. The Kier molecular flexibility index (Phi) is 3.57. The molecule has 3 rings (SSSR count). The lowest BCUT2D eigenvalue weighted by molar-refractivity contribution is 0.796. The third-order valence-electron chi connectivity index (χ3n) is 3.67. The molecule has 3 aromatic rings. The second kappa shape index (κ2) is 5.51. The molecule has 0 fully saturated rings. The monoisotopic (exact) mass is 264 g/mol. The molecule has 0 atom stereocenters. The first kappa shape index (κ1) is 12.9. The van der Waals surface area contributed by atoms with Gasteiger partial charge in [0.15, 0.2) is 0 Å². The van der Waals surface area contributed by atoms with E-state index in [0.29, 0.717) is 0 Å². The summed E-state index contributed by atoms with van der Waals surface area (Å²) in [5.74, 6) is 0. The van der Waals surface area contributed by atoms with Gasteiger partial charge in [-0.15, -0.1) is 0 Å². The van der Waals surface area contributed by atoms with Gasteiger partial charge in [0.2, 0.25) is 0 Å². The van der Waals surface area contributed by atoms with E-state index in [1.54, 1.807) is 0 Å². The van der Waals surface area contributed by atoms with Crippen molar-refractivity contribution in [3.63, 3.8) is 0 Å². The van der Waals surface area contributed by atoms with E-state index in [-0.39, 0.29) is 0 Å². The number of nitrogens with one attached hydrogen (secondary N) is 1. The van der Waals surface area contributed by atoms with E-state index in [1.807, 2.05) is 7.05 Å². The molecule has 1 N–H and O–H groups in total. The number of fused-ring (bicyclic) bond motifs is 1. The van der Waals surface area contributed by atoms with Crippen LogP contribution in [-0.4, -0.2) is 11.6 Å². The average molecular weight is 264 g/mol. The molecule has 0 aliphatic carbocycles. The van der Waals surface area contributed by atoms with E-state index in [4.69, 9.17) is 0 Å². The maximum atomic E-state index is 3.25. The molecule has 102 valence electrons. The Balaban J connectivity index is 2.03. The quantitative estimate of drug-likeness (QED) is 0.760. The van der Waals surface area contributed by atoms with Crippen molar-refractivity contribution >= 4 is 10.9 Å². The van der Waals surface area contributed by atoms with Crippen LogP contribution in [0.25, 0.3) is 10.9 Å². The van der Waals surface area contributed by atoms with Crippen molar-refractivity contribution in [1.29, 1.82) is 0 Å². The summed E-state index contributed by atoms with van der Waals surface area (Å²) in [5, 5.41) is 4.56. The maximum absolute atomic E-state index is 3.25. The molecule has 1 heterocycles. The molecular weight excluding hydrogens is 244 g/mol. The highest BCUT2D eigenvalue weighted by atomic mass is 15.0. The topological polar surface area (TPSA) is 17.0 Å². The number of aryl methyl sites for hydroxylation is 1. The first-order valence-electron chi connectivity index (χ1n) is 7.05. The first-order valence-corrected chi connectivity index (χ1v) is 7.05. The molecule has 0 saturated carbocycles. The predicted octanol–water partition coefficient (Wildman–Crippen LogP) is 3.72. The zero-order chi connectivity index (χ0) is 13.9. The fourth-order valence-electron chi connectivity index (χ4n) is 2.81. The van der Waals surface area contributed by atoms with Crippen LogP contribution < -0.4 is 5.32 Å². The molecule has 0 unspecified atom stereocenters. The second-order valence-electron chi connectivity index (χ2n) is 5.32. The van der Waals surface area contributed by atoms with Crippen LogP contribution in [0.2, 0.25) is 0 Å². The van der Waals surface area contributed by atoms with Crippen molar-refractivity contribution < 1.29 is 0 Å². The van der Waals surface area contributed by atoms with Crippen LogP contribution in [0.5, 0.6) is 0 Å². The summed E-state index contributed by atoms with van der Waals surface area (Å²) in [6, 6.07) is 17.4. The summed E-state index contributed by atoms with van der Waals surface area (Å²) in [6.45, 7) is 3.96. The van der Waals surface area contributed by atoms with Crippen molar-refractivity contribution in [1.82, 2.24) is 9.88 Å². The second-order valence-corrected chi connectivity index (χ2v) is 5.32. The van der Waals surface area contributed by atoms with Crippen LogP contribution in [0.3, 0.4) is 0 Å². The van der Waals surface area contributed by atoms with Crippen LogP contribution in [0.1, 0.15) is 16.7 Å². The lowest BCUT2D eigenvalue weighted by Crippen LogP contribution is -2.07. The van der Waals surface area contributed by atoms with Gasteiger partial charge in [0.1, 0.15) is 0 Å². The maximum Gasteiger partial charge on any atom is 0.0529 e. The molecule has 0 aliphatic heterocycles. The number of hydrogen-bond donors (Lipinski definition) is 1. The lowest BCUT2D eigenvalue weighted by Gasteiger charge is -2.10. The van der Waals surface area contributed by atoms with E-state index >= 15 is 0 Å². The number of benzene rings is 2. The minimum atomic E-state index is 0.898. The third kappa shape index (κ3) is 2.47. The summed E-state index contributed by atoms with van der Waals surface area (Å²) in [4.78, 5) is 0. The largest absolute Gasteiger partial charge is 0.343 e. The molecule has 0 radical (unpaired) electrons. The van der Waals surface area contributed by atoms with Crippen LogP contribution in [0.15, 0.2) is 54.7 Å². The lowest BCUT2D eigenvalue weighted by atomic mass is 10.1. The van der Waals surface area contributed by atoms with Crippen LogP contribution in [0, 0.1) is 6.92 Å². The van der Waals surface area contributed by atoms with Crippen molar-refractivity contribution in [3.05, 3.63) is 71.4 Å². The Morgan fingerprint density at radius 1 is 1.05 bits per heavy atom. The molecule has 2 heteroatoms. The van der Waals surface area contributed by atoms with Gasteiger partial charge in [-0.3, -0.25) is 0 Å². The molecule has 0 bridgehead atoms. The summed E-state index contributed by atoms with van der Waals surface area (Å²) in [5.41, 5.74) is 5.35. The molecule has 2 aromatic carbocycles. The smallest absolute Gasteiger partial charge is 0.0529 e. The highest BCUT2D eigenvalue weighted by Gasteiger charge is 2.06. The number of aromatic nitrogens is 1. The van der Waals surface area contributed by atoms with Gasteiger partial charge in [-0.1, -0.05) is 48.0 Å². The number of nitrogens with zero attached hydrogens (tertiary/aromatic N) is 1. The van der Waals surface area contributed by atoms with Gasteiger partial charge in [0, 0.05) is 19.3 Å². The molecule has 0 aliphatic rings. The van der Waals surface area contributed by atoms with Crippen molar-refractivity contribution in [2.45, 2.75) is 20.0 Å². The molecule has 1 aromatic heterocycles. The normalized spacial score (nSPS) is 11.1. The van der Waals surface area contributed by atoms with E-state index < -0.39 is 0 Å². The summed E-state index contributed by atoms with van der Waals surface area (Å²) < 4.78 is 2.34. The van der Waals surface area contributed by atoms with Crippen LogP contribution in [-0.2, 0) is 13.1 Å². The fourth-order valence-corrected chi connectivity index (χ4v) is 2.81. The Morgan fingerprint density at radius 3 is 2.70 bits per heavy atom. The molecule has 0 saturated heterocycles. The van der Waals surface area contributed by atoms with Crippen molar-refractivity contribution in [2.24, 2.45) is 0 Å². The minimum absolute atomic E-state index is 0.898. The first-order chi connectivity index (χ1) is 9.78. The summed E-state index contributed by atoms with van der Waals surface area (Å²) in [6.07, 6.45) is 2.19. The molecule has 2 nitrogen and oxygen atoms in total. The van der Waals surface area contributed by atoms with E-state index in [0.717, 1.165) is 13.1 Å². The fraction of sp³-hybridized carbons (Fsp3) is 0.222. The van der Waals surface area contributed by atoms with E-state index in [2.05, 4.69) is 71.5 Å². The SMILES string of the molecule is CNCc1cccc2ccn(Cc3cccc(C)c3)c12. The van der Waals surface area contributed by atoms with Gasteiger partial charge in [-0.2, -0.15) is 0 Å². The zero-order valence-corrected chi connectivity index (χ0v) is 12.1. The molecular formula is C18H20N2. The van der Waals surface area contributed by atoms with Crippen molar-refractivity contribution in [2.75, 3.05) is 7.05 Å². The number of hydrogen-bond acceptors (Lipinski definition) is 1. The third-order valence-corrected chi connectivity index (χ3v) is 3.67. The average Bonchev–Trinajstić information content (AvgIpc) is 2.84. The Hall–Kier alpha value is -2.06. The number of rotatable bonds is 4. The van der Waals surface area contributed by atoms with E-state index in [9.17, 15) is 0 Å². The van der Waals surface area contributed by atoms with Crippen LogP contribution >= 0.6 is 0 Å². The summed E-state index contributed by atoms with van der Waals surface area (Å²) in [7, 11) is 1.99. The Morgan fingerprint density at radius 2 is 1.90 bits per heavy atom. The predicted molar refractivity (Wildman–Crippen MR) is 85.0 cm³/mol. The van der Waals surface area contributed by atoms with Gasteiger partial charge < -0.3 is 9.88 Å². The zero-order valence-electron chi connectivity index (χ0n) is 12.1. The standard InChI is InChI=1S/C18H20N2/c1-14-5-3-6-15(11-14)13-20-10-9-16-7-4-8-17(12-19-2)18(16)20/h3-11,19H,12-13H2,1-2H3. The highest BCUT2D eigenvalue weighted by Crippen LogP contribution is 2.21. The Labute approximate surface area is 120 Å². The van der Waals surface area contributed by atoms with E-state index in [1.165, 1.54) is 27.6 Å². The molecule has 20 heavy (non-hydrogen) atoms. The number of para-hydroxylation sites is 1. The molecule has 0 spiro atoms. The summed E-state index contributed by atoms with van der Waals surface area (Å²) >= 11 is 0. The van der Waals surface area contributed by atoms with Crippen LogP contribution in [0.4, 0.5) is 0 Å². The van der Waals surface area contributed by atoms with Gasteiger partial charge in [0.25, 0.3) is 0 Å².